The lowest BCUT2D eigenvalue weighted by Crippen LogP contribution is -2.63. The standard InChI is InChI=1S/C34H55NO7S/c1-9-32(7)18-26(33(8)20(2)14-16-34(21(3)29(32)39)17-15-24(37)28(33)34)41-27(38)19-43-25-13-11-22(10-12-23(25)36)35-30(40)42-31(4,5)6/h9,20-23,25-26,28-29,36,39H,1,10-19H2,2-8H3,(H,35,40)/t20?,21-,22?,23?,25?,26+,28?,29?,32+,33-,34?/m0/s1. The number of ether oxygens (including phenoxy) is 2. The molecule has 11 atom stereocenters. The quantitative estimate of drug-likeness (QED) is 0.193. The molecule has 1 amide bonds. The molecule has 4 rings (SSSR count). The van der Waals surface area contributed by atoms with Gasteiger partial charge in [0, 0.05) is 34.5 Å². The van der Waals surface area contributed by atoms with Crippen LogP contribution in [0.15, 0.2) is 12.7 Å². The fourth-order valence-corrected chi connectivity index (χ4v) is 10.0. The van der Waals surface area contributed by atoms with Crippen LogP contribution in [-0.2, 0) is 19.1 Å². The highest BCUT2D eigenvalue weighted by molar-refractivity contribution is 8.00. The topological polar surface area (TPSA) is 122 Å². The van der Waals surface area contributed by atoms with Crippen LogP contribution in [0.5, 0.6) is 0 Å². The van der Waals surface area contributed by atoms with Crippen molar-refractivity contribution in [3.8, 4) is 0 Å². The van der Waals surface area contributed by atoms with Gasteiger partial charge in [-0.15, -0.1) is 18.3 Å². The van der Waals surface area contributed by atoms with Crippen molar-refractivity contribution in [2.75, 3.05) is 5.75 Å². The molecule has 2 bridgehead atoms. The molecule has 0 aromatic heterocycles. The molecular weight excluding hydrogens is 566 g/mol. The Bertz CT molecular complexity index is 1080. The number of alkyl carbamates (subject to hydrolysis) is 1. The van der Waals surface area contributed by atoms with Crippen molar-refractivity contribution < 1.29 is 34.1 Å². The summed E-state index contributed by atoms with van der Waals surface area (Å²) >= 11 is 1.40. The van der Waals surface area contributed by atoms with E-state index in [2.05, 4.69) is 32.7 Å². The van der Waals surface area contributed by atoms with Gasteiger partial charge in [0.2, 0.25) is 0 Å². The Morgan fingerprint density at radius 2 is 1.77 bits per heavy atom. The molecule has 3 N–H and O–H groups in total. The number of aliphatic hydroxyl groups excluding tert-OH is 2. The summed E-state index contributed by atoms with van der Waals surface area (Å²) in [5, 5.41) is 25.4. The largest absolute Gasteiger partial charge is 0.461 e. The Kier molecular flexibility index (Phi) is 10.1. The average molecular weight is 622 g/mol. The van der Waals surface area contributed by atoms with E-state index in [1.54, 1.807) is 0 Å². The number of esters is 1. The van der Waals surface area contributed by atoms with Crippen molar-refractivity contribution >= 4 is 29.6 Å². The summed E-state index contributed by atoms with van der Waals surface area (Å²) in [5.74, 6) is -0.197. The molecule has 0 radical (unpaired) electrons. The SMILES string of the molecule is C=C[C@]1(C)C[C@@H](OC(=O)CSC2CCC(NC(=O)OC(C)(C)C)CCC2O)[C@]2(C)C(C)CCC3(CCC(=O)C32)[C@@H](C)C1O. The van der Waals surface area contributed by atoms with Crippen molar-refractivity contribution in [1.29, 1.82) is 0 Å². The lowest BCUT2D eigenvalue weighted by Gasteiger charge is -2.61. The second-order valence-electron chi connectivity index (χ2n) is 15.5. The second kappa shape index (κ2) is 12.7. The highest BCUT2D eigenvalue weighted by Gasteiger charge is 2.68. The monoisotopic (exact) mass is 621 g/mol. The van der Waals surface area contributed by atoms with E-state index in [4.69, 9.17) is 9.47 Å². The highest BCUT2D eigenvalue weighted by Crippen LogP contribution is 2.68. The average Bonchev–Trinajstić information content (AvgIpc) is 3.18. The van der Waals surface area contributed by atoms with Crippen LogP contribution in [0, 0.1) is 34.0 Å². The van der Waals surface area contributed by atoms with E-state index in [-0.39, 0.29) is 52.0 Å². The smallest absolute Gasteiger partial charge is 0.407 e. The van der Waals surface area contributed by atoms with E-state index in [1.807, 2.05) is 33.8 Å². The van der Waals surface area contributed by atoms with Gasteiger partial charge >= 0.3 is 12.1 Å². The maximum atomic E-state index is 13.6. The molecule has 0 spiro atoms. The van der Waals surface area contributed by atoms with Gasteiger partial charge in [-0.3, -0.25) is 9.59 Å². The number of hydrogen-bond acceptors (Lipinski definition) is 8. The van der Waals surface area contributed by atoms with Crippen LogP contribution in [0.4, 0.5) is 4.79 Å². The van der Waals surface area contributed by atoms with Crippen molar-refractivity contribution in [2.45, 2.75) is 141 Å². The fraction of sp³-hybridized carbons (Fsp3) is 0.853. The zero-order valence-electron chi connectivity index (χ0n) is 27.3. The van der Waals surface area contributed by atoms with E-state index >= 15 is 0 Å². The van der Waals surface area contributed by atoms with Crippen molar-refractivity contribution in [2.24, 2.45) is 34.0 Å². The predicted octanol–water partition coefficient (Wildman–Crippen LogP) is 5.82. The summed E-state index contributed by atoms with van der Waals surface area (Å²) in [4.78, 5) is 39.4. The molecule has 8 nitrogen and oxygen atoms in total. The van der Waals surface area contributed by atoms with Crippen molar-refractivity contribution in [3.05, 3.63) is 12.7 Å². The van der Waals surface area contributed by atoms with Crippen molar-refractivity contribution in [3.63, 3.8) is 0 Å². The van der Waals surface area contributed by atoms with Gasteiger partial charge in [0.15, 0.2) is 0 Å². The maximum Gasteiger partial charge on any atom is 0.407 e. The Morgan fingerprint density at radius 3 is 2.42 bits per heavy atom. The number of hydrogen-bond donors (Lipinski definition) is 3. The van der Waals surface area contributed by atoms with Gasteiger partial charge in [-0.25, -0.2) is 4.79 Å². The number of carbonyl (C=O) groups excluding carboxylic acids is 3. The molecule has 0 aromatic rings. The Labute approximate surface area is 262 Å². The van der Waals surface area contributed by atoms with Crippen LogP contribution in [0.2, 0.25) is 0 Å². The highest BCUT2D eigenvalue weighted by atomic mass is 32.2. The number of nitrogens with one attached hydrogen (secondary N) is 1. The first kappa shape index (κ1) is 34.3. The fourth-order valence-electron chi connectivity index (χ4n) is 8.94. The number of aliphatic hydroxyl groups is 2. The van der Waals surface area contributed by atoms with E-state index in [9.17, 15) is 24.6 Å². The molecular formula is C34H55NO7S. The summed E-state index contributed by atoms with van der Waals surface area (Å²) < 4.78 is 11.8. The maximum absolute atomic E-state index is 13.6. The molecule has 0 aliphatic heterocycles. The molecule has 9 heteroatoms. The van der Waals surface area contributed by atoms with Gasteiger partial charge in [0.05, 0.1) is 18.0 Å². The third-order valence-electron chi connectivity index (χ3n) is 11.8. The van der Waals surface area contributed by atoms with Crippen molar-refractivity contribution in [1.82, 2.24) is 5.32 Å². The third kappa shape index (κ3) is 6.69. The van der Waals surface area contributed by atoms with Gasteiger partial charge in [-0.1, -0.05) is 33.8 Å². The minimum absolute atomic E-state index is 0.0728. The molecule has 4 aliphatic carbocycles. The number of carbonyl (C=O) groups is 3. The molecule has 244 valence electrons. The van der Waals surface area contributed by atoms with E-state index < -0.39 is 40.8 Å². The Hall–Kier alpha value is -1.58. The molecule has 7 unspecified atom stereocenters. The molecule has 0 saturated heterocycles. The summed E-state index contributed by atoms with van der Waals surface area (Å²) in [6, 6.07) is -0.0978. The second-order valence-corrected chi connectivity index (χ2v) is 16.7. The van der Waals surface area contributed by atoms with Crippen LogP contribution >= 0.6 is 11.8 Å². The third-order valence-corrected chi connectivity index (χ3v) is 13.1. The lowest BCUT2D eigenvalue weighted by molar-refractivity contribution is -0.205. The molecule has 43 heavy (non-hydrogen) atoms. The van der Waals surface area contributed by atoms with E-state index in [0.29, 0.717) is 38.5 Å². The molecule has 4 saturated carbocycles. The summed E-state index contributed by atoms with van der Waals surface area (Å²) in [6.07, 6.45) is 5.50. The van der Waals surface area contributed by atoms with E-state index in [1.165, 1.54) is 11.8 Å². The minimum Gasteiger partial charge on any atom is -0.461 e. The summed E-state index contributed by atoms with van der Waals surface area (Å²) in [6.45, 7) is 18.0. The summed E-state index contributed by atoms with van der Waals surface area (Å²) in [7, 11) is 0. The van der Waals surface area contributed by atoms with Crippen LogP contribution in [0.3, 0.4) is 0 Å². The zero-order chi connectivity index (χ0) is 32.0. The van der Waals surface area contributed by atoms with Crippen LogP contribution < -0.4 is 5.32 Å². The number of rotatable bonds is 6. The normalized spacial score (nSPS) is 43.4. The number of Topliss-reactive ketones (excluding diaryl/α,β-unsaturated/α-hetero) is 1. The molecule has 4 fully saturated rings. The van der Waals surface area contributed by atoms with E-state index in [0.717, 1.165) is 19.3 Å². The Morgan fingerprint density at radius 1 is 1.09 bits per heavy atom. The first-order valence-corrected chi connectivity index (χ1v) is 17.3. The number of ketones is 1. The zero-order valence-corrected chi connectivity index (χ0v) is 28.1. The molecule has 4 aliphatic rings. The van der Waals surface area contributed by atoms with Gasteiger partial charge in [-0.05, 0) is 89.4 Å². The van der Waals surface area contributed by atoms with Gasteiger partial charge in [0.25, 0.3) is 0 Å². The summed E-state index contributed by atoms with van der Waals surface area (Å²) in [5.41, 5.74) is -2.11. The number of thioether (sulfide) groups is 1. The van der Waals surface area contributed by atoms with Crippen LogP contribution in [0.25, 0.3) is 0 Å². The Balaban J connectivity index is 1.47. The minimum atomic E-state index is -0.699. The molecule has 0 heterocycles. The first-order chi connectivity index (χ1) is 20.0. The number of amides is 1. The van der Waals surface area contributed by atoms with Gasteiger partial charge < -0.3 is 25.0 Å². The van der Waals surface area contributed by atoms with Gasteiger partial charge in [-0.2, -0.15) is 0 Å². The van der Waals surface area contributed by atoms with Crippen LogP contribution in [0.1, 0.15) is 106 Å². The predicted molar refractivity (Wildman–Crippen MR) is 169 cm³/mol. The van der Waals surface area contributed by atoms with Crippen LogP contribution in [-0.4, -0.2) is 69.0 Å². The molecule has 0 aromatic carbocycles. The first-order valence-electron chi connectivity index (χ1n) is 16.3. The van der Waals surface area contributed by atoms with Gasteiger partial charge in [0.1, 0.15) is 17.5 Å². The lowest BCUT2D eigenvalue weighted by atomic mass is 9.44.